The van der Waals surface area contributed by atoms with E-state index in [4.69, 9.17) is 0 Å². The zero-order chi connectivity index (χ0) is 20.8. The highest BCUT2D eigenvalue weighted by Crippen LogP contribution is 2.43. The normalized spacial score (nSPS) is 29.0. The predicted molar refractivity (Wildman–Crippen MR) is 111 cm³/mol. The highest BCUT2D eigenvalue weighted by atomic mass is 19.2. The van der Waals surface area contributed by atoms with Gasteiger partial charge in [0.1, 0.15) is 0 Å². The van der Waals surface area contributed by atoms with Crippen molar-refractivity contribution in [1.29, 1.82) is 0 Å². The minimum Gasteiger partial charge on any atom is -0.388 e. The van der Waals surface area contributed by atoms with E-state index in [9.17, 15) is 18.3 Å². The number of hydrogen-bond acceptors (Lipinski definition) is 1. The lowest BCUT2D eigenvalue weighted by Gasteiger charge is -2.38. The Labute approximate surface area is 174 Å². The summed E-state index contributed by atoms with van der Waals surface area (Å²) < 4.78 is 40.0. The Balaban J connectivity index is 1.41. The molecule has 0 aliphatic heterocycles. The van der Waals surface area contributed by atoms with Crippen molar-refractivity contribution in [3.8, 4) is 0 Å². The molecule has 1 aromatic carbocycles. The Morgan fingerprint density at radius 3 is 1.86 bits per heavy atom. The lowest BCUT2D eigenvalue weighted by molar-refractivity contribution is 0.100. The summed E-state index contributed by atoms with van der Waals surface area (Å²) in [6.45, 7) is 2.27. The van der Waals surface area contributed by atoms with Gasteiger partial charge in [0.15, 0.2) is 17.5 Å². The molecule has 0 heterocycles. The molecule has 1 aromatic rings. The van der Waals surface area contributed by atoms with E-state index >= 15 is 0 Å². The van der Waals surface area contributed by atoms with Crippen molar-refractivity contribution in [2.24, 2.45) is 23.7 Å². The summed E-state index contributed by atoms with van der Waals surface area (Å²) in [5, 5.41) is 10.4. The summed E-state index contributed by atoms with van der Waals surface area (Å²) in [4.78, 5) is 0. The standard InChI is InChI=1S/C25H37F3O/c1-2-3-4-5-17-6-10-19(11-7-17)20-12-8-18(9-13-20)14-24(29)21-15-22(26)25(28)23(27)16-21/h15-20,24,29H,2-14H2,1H3. The van der Waals surface area contributed by atoms with Crippen molar-refractivity contribution >= 4 is 0 Å². The van der Waals surface area contributed by atoms with Crippen LogP contribution in [0.4, 0.5) is 13.2 Å². The summed E-state index contributed by atoms with van der Waals surface area (Å²) >= 11 is 0. The zero-order valence-corrected chi connectivity index (χ0v) is 17.8. The molecule has 2 fully saturated rings. The molecule has 0 spiro atoms. The number of rotatable bonds is 8. The van der Waals surface area contributed by atoms with E-state index in [0.29, 0.717) is 12.3 Å². The molecule has 29 heavy (non-hydrogen) atoms. The molecule has 0 saturated heterocycles. The lowest BCUT2D eigenvalue weighted by Crippen LogP contribution is -2.26. The predicted octanol–water partition coefficient (Wildman–Crippen LogP) is 7.72. The second kappa shape index (κ2) is 10.8. The highest BCUT2D eigenvalue weighted by molar-refractivity contribution is 5.21. The molecule has 2 aliphatic rings. The molecule has 3 rings (SSSR count). The van der Waals surface area contributed by atoms with Gasteiger partial charge >= 0.3 is 0 Å². The van der Waals surface area contributed by atoms with Crippen molar-refractivity contribution in [3.63, 3.8) is 0 Å². The summed E-state index contributed by atoms with van der Waals surface area (Å²) in [5.74, 6) is -0.935. The maximum atomic E-state index is 13.4. The number of halogens is 3. The van der Waals surface area contributed by atoms with Crippen LogP contribution in [-0.4, -0.2) is 5.11 Å². The molecular formula is C25H37F3O. The van der Waals surface area contributed by atoms with Gasteiger partial charge in [-0.1, -0.05) is 58.3 Å². The Bertz CT molecular complexity index is 608. The van der Waals surface area contributed by atoms with Crippen LogP contribution >= 0.6 is 0 Å². The first-order valence-corrected chi connectivity index (χ1v) is 11.8. The van der Waals surface area contributed by atoms with Gasteiger partial charge in [-0.3, -0.25) is 0 Å². The first kappa shape index (κ1) is 22.7. The van der Waals surface area contributed by atoms with Crippen molar-refractivity contribution in [2.75, 3.05) is 0 Å². The monoisotopic (exact) mass is 410 g/mol. The van der Waals surface area contributed by atoms with E-state index in [1.807, 2.05) is 0 Å². The Morgan fingerprint density at radius 2 is 1.34 bits per heavy atom. The van der Waals surface area contributed by atoms with Crippen LogP contribution in [-0.2, 0) is 0 Å². The Morgan fingerprint density at radius 1 is 0.828 bits per heavy atom. The topological polar surface area (TPSA) is 20.2 Å². The van der Waals surface area contributed by atoms with Gasteiger partial charge in [0, 0.05) is 0 Å². The molecule has 4 heteroatoms. The van der Waals surface area contributed by atoms with Crippen molar-refractivity contribution < 1.29 is 18.3 Å². The summed E-state index contributed by atoms with van der Waals surface area (Å²) in [5.41, 5.74) is 0.143. The van der Waals surface area contributed by atoms with Gasteiger partial charge in [-0.2, -0.15) is 0 Å². The number of unbranched alkanes of at least 4 members (excludes halogenated alkanes) is 2. The van der Waals surface area contributed by atoms with Gasteiger partial charge in [0.25, 0.3) is 0 Å². The van der Waals surface area contributed by atoms with Crippen LogP contribution in [0.5, 0.6) is 0 Å². The van der Waals surface area contributed by atoms with Crippen molar-refractivity contribution in [1.82, 2.24) is 0 Å². The summed E-state index contributed by atoms with van der Waals surface area (Å²) in [7, 11) is 0. The van der Waals surface area contributed by atoms with Crippen LogP contribution in [0.1, 0.15) is 102 Å². The molecule has 0 radical (unpaired) electrons. The van der Waals surface area contributed by atoms with Crippen LogP contribution in [0.3, 0.4) is 0 Å². The molecule has 2 aliphatic carbocycles. The average molecular weight is 411 g/mol. The molecule has 164 valence electrons. The molecule has 2 saturated carbocycles. The maximum absolute atomic E-state index is 13.4. The Hall–Kier alpha value is -1.03. The van der Waals surface area contributed by atoms with Gasteiger partial charge in [0.05, 0.1) is 6.10 Å². The molecule has 0 aromatic heterocycles. The third kappa shape index (κ3) is 6.23. The summed E-state index contributed by atoms with van der Waals surface area (Å²) in [6.07, 6.45) is 15.1. The van der Waals surface area contributed by atoms with Crippen LogP contribution < -0.4 is 0 Å². The lowest BCUT2D eigenvalue weighted by atomic mass is 9.68. The Kier molecular flexibility index (Phi) is 8.46. The fourth-order valence-corrected chi connectivity index (χ4v) is 5.75. The van der Waals surface area contributed by atoms with Gasteiger partial charge in [-0.15, -0.1) is 0 Å². The minimum atomic E-state index is -1.47. The fraction of sp³-hybridized carbons (Fsp3) is 0.760. The van der Waals surface area contributed by atoms with E-state index < -0.39 is 23.6 Å². The molecule has 1 atom stereocenters. The maximum Gasteiger partial charge on any atom is 0.194 e. The van der Waals surface area contributed by atoms with Crippen LogP contribution in [0, 0.1) is 41.1 Å². The number of hydrogen-bond donors (Lipinski definition) is 1. The van der Waals surface area contributed by atoms with E-state index in [2.05, 4.69) is 6.92 Å². The molecular weight excluding hydrogens is 373 g/mol. The molecule has 1 nitrogen and oxygen atoms in total. The molecule has 0 bridgehead atoms. The van der Waals surface area contributed by atoms with E-state index in [1.165, 1.54) is 64.2 Å². The van der Waals surface area contributed by atoms with E-state index in [1.54, 1.807) is 0 Å². The van der Waals surface area contributed by atoms with Crippen molar-refractivity contribution in [2.45, 2.75) is 96.5 Å². The quantitative estimate of drug-likeness (QED) is 0.343. The van der Waals surface area contributed by atoms with Gasteiger partial charge < -0.3 is 5.11 Å². The highest BCUT2D eigenvalue weighted by Gasteiger charge is 2.31. The summed E-state index contributed by atoms with van der Waals surface area (Å²) in [6, 6.07) is 1.85. The van der Waals surface area contributed by atoms with Crippen LogP contribution in [0.2, 0.25) is 0 Å². The van der Waals surface area contributed by atoms with Crippen LogP contribution in [0.15, 0.2) is 12.1 Å². The largest absolute Gasteiger partial charge is 0.388 e. The number of aliphatic hydroxyl groups excluding tert-OH is 1. The molecule has 0 amide bonds. The third-order valence-electron chi connectivity index (χ3n) is 7.61. The number of aliphatic hydroxyl groups is 1. The third-order valence-corrected chi connectivity index (χ3v) is 7.61. The first-order valence-electron chi connectivity index (χ1n) is 11.8. The zero-order valence-electron chi connectivity index (χ0n) is 17.8. The number of benzene rings is 1. The second-order valence-corrected chi connectivity index (χ2v) is 9.61. The second-order valence-electron chi connectivity index (χ2n) is 9.61. The molecule has 1 unspecified atom stereocenters. The van der Waals surface area contributed by atoms with E-state index in [0.717, 1.165) is 42.7 Å². The van der Waals surface area contributed by atoms with Crippen molar-refractivity contribution in [3.05, 3.63) is 35.1 Å². The van der Waals surface area contributed by atoms with E-state index in [-0.39, 0.29) is 5.56 Å². The average Bonchev–Trinajstić information content (AvgIpc) is 2.73. The fourth-order valence-electron chi connectivity index (χ4n) is 5.75. The smallest absolute Gasteiger partial charge is 0.194 e. The molecule has 1 N–H and O–H groups in total. The van der Waals surface area contributed by atoms with Crippen LogP contribution in [0.25, 0.3) is 0 Å². The van der Waals surface area contributed by atoms with Gasteiger partial charge in [0.2, 0.25) is 0 Å². The van der Waals surface area contributed by atoms with Gasteiger partial charge in [-0.25, -0.2) is 13.2 Å². The first-order chi connectivity index (χ1) is 14.0. The minimum absolute atomic E-state index is 0.143. The van der Waals surface area contributed by atoms with Gasteiger partial charge in [-0.05, 0) is 73.5 Å². The SMILES string of the molecule is CCCCCC1CCC(C2CCC(CC(O)c3cc(F)c(F)c(F)c3)CC2)CC1.